The molecule has 7 heteroatoms. The molecule has 0 saturated heterocycles. The van der Waals surface area contributed by atoms with Crippen LogP contribution in [0.3, 0.4) is 0 Å². The number of anilines is 1. The van der Waals surface area contributed by atoms with Crippen LogP contribution >= 0.6 is 15.9 Å². The number of aryl methyl sites for hydroxylation is 1. The van der Waals surface area contributed by atoms with Gasteiger partial charge in [-0.05, 0) is 40.5 Å². The second kappa shape index (κ2) is 5.60. The summed E-state index contributed by atoms with van der Waals surface area (Å²) in [5, 5.41) is 11.0. The van der Waals surface area contributed by atoms with Crippen LogP contribution in [0.5, 0.6) is 0 Å². The number of aliphatic carboxylic acids is 1. The lowest BCUT2D eigenvalue weighted by Crippen LogP contribution is -2.36. The molecule has 1 rings (SSSR count). The van der Waals surface area contributed by atoms with Crippen molar-refractivity contribution < 1.29 is 23.1 Å². The monoisotopic (exact) mass is 325 g/mol. The summed E-state index contributed by atoms with van der Waals surface area (Å²) in [6.07, 6.45) is -4.77. The molecule has 1 unspecified atom stereocenters. The van der Waals surface area contributed by atoms with Gasteiger partial charge in [-0.15, -0.1) is 0 Å². The van der Waals surface area contributed by atoms with E-state index < -0.39 is 24.6 Å². The minimum atomic E-state index is -4.77. The van der Waals surface area contributed by atoms with Gasteiger partial charge in [-0.2, -0.15) is 13.2 Å². The molecule has 2 N–H and O–H groups in total. The molecule has 0 bridgehead atoms. The summed E-state index contributed by atoms with van der Waals surface area (Å²) in [6, 6.07) is 5.04. The predicted octanol–water partition coefficient (Wildman–Crippen LogP) is 3.43. The zero-order chi connectivity index (χ0) is 13.9. The average Bonchev–Trinajstić information content (AvgIpc) is 2.18. The van der Waals surface area contributed by atoms with Crippen LogP contribution in [0.25, 0.3) is 0 Å². The smallest absolute Gasteiger partial charge is 0.403 e. The molecule has 0 aromatic heterocycles. The van der Waals surface area contributed by atoms with Crippen molar-refractivity contribution in [2.24, 2.45) is 5.92 Å². The lowest BCUT2D eigenvalue weighted by Gasteiger charge is -2.17. The van der Waals surface area contributed by atoms with Crippen LogP contribution in [-0.4, -0.2) is 23.8 Å². The van der Waals surface area contributed by atoms with E-state index in [1.54, 1.807) is 18.2 Å². The van der Waals surface area contributed by atoms with Crippen LogP contribution in [0.15, 0.2) is 22.7 Å². The number of carboxylic acids is 1. The van der Waals surface area contributed by atoms with E-state index in [9.17, 15) is 18.0 Å². The van der Waals surface area contributed by atoms with Crippen LogP contribution in [0.4, 0.5) is 18.9 Å². The number of benzene rings is 1. The van der Waals surface area contributed by atoms with E-state index >= 15 is 0 Å². The highest BCUT2D eigenvalue weighted by atomic mass is 79.9. The number of alkyl halides is 3. The van der Waals surface area contributed by atoms with Gasteiger partial charge in [0.1, 0.15) is 0 Å². The van der Waals surface area contributed by atoms with Gasteiger partial charge < -0.3 is 10.4 Å². The number of rotatable bonds is 4. The Morgan fingerprint density at radius 1 is 1.50 bits per heavy atom. The van der Waals surface area contributed by atoms with Crippen molar-refractivity contribution in [3.05, 3.63) is 28.2 Å². The summed E-state index contributed by atoms with van der Waals surface area (Å²) in [5.74, 6) is -4.32. The maximum atomic E-state index is 12.4. The van der Waals surface area contributed by atoms with Crippen molar-refractivity contribution in [3.8, 4) is 0 Å². The van der Waals surface area contributed by atoms with Crippen molar-refractivity contribution in [1.82, 2.24) is 0 Å². The topological polar surface area (TPSA) is 49.3 Å². The van der Waals surface area contributed by atoms with Gasteiger partial charge in [-0.25, -0.2) is 0 Å². The number of nitrogens with one attached hydrogen (secondary N) is 1. The predicted molar refractivity (Wildman–Crippen MR) is 64.5 cm³/mol. The zero-order valence-corrected chi connectivity index (χ0v) is 11.0. The van der Waals surface area contributed by atoms with E-state index in [-0.39, 0.29) is 0 Å². The van der Waals surface area contributed by atoms with E-state index in [0.29, 0.717) is 10.2 Å². The fraction of sp³-hybridized carbons (Fsp3) is 0.364. The highest BCUT2D eigenvalue weighted by Crippen LogP contribution is 2.28. The van der Waals surface area contributed by atoms with Crippen LogP contribution in [-0.2, 0) is 4.79 Å². The molecular weight excluding hydrogens is 315 g/mol. The average molecular weight is 326 g/mol. The van der Waals surface area contributed by atoms with E-state index in [1.165, 1.54) is 0 Å². The van der Waals surface area contributed by atoms with Crippen molar-refractivity contribution in [2.75, 3.05) is 11.9 Å². The first kappa shape index (κ1) is 14.8. The minimum absolute atomic E-state index is 0.427. The summed E-state index contributed by atoms with van der Waals surface area (Å²) < 4.78 is 37.8. The number of halogens is 4. The Balaban J connectivity index is 2.77. The molecule has 1 aromatic carbocycles. The first-order valence-corrected chi connectivity index (χ1v) is 5.80. The highest BCUT2D eigenvalue weighted by molar-refractivity contribution is 9.10. The molecule has 0 heterocycles. The van der Waals surface area contributed by atoms with Gasteiger partial charge in [0.05, 0.1) is 0 Å². The van der Waals surface area contributed by atoms with Gasteiger partial charge in [0, 0.05) is 16.7 Å². The third-order valence-electron chi connectivity index (χ3n) is 2.31. The van der Waals surface area contributed by atoms with E-state index in [4.69, 9.17) is 5.11 Å². The Morgan fingerprint density at radius 2 is 2.11 bits per heavy atom. The van der Waals surface area contributed by atoms with Gasteiger partial charge >= 0.3 is 12.1 Å². The molecule has 0 radical (unpaired) electrons. The third-order valence-corrected chi connectivity index (χ3v) is 2.97. The highest BCUT2D eigenvalue weighted by Gasteiger charge is 2.44. The molecule has 100 valence electrons. The Labute approximate surface area is 110 Å². The number of hydrogen-bond acceptors (Lipinski definition) is 2. The number of carbonyl (C=O) groups is 1. The molecular formula is C11H11BrF3NO2. The summed E-state index contributed by atoms with van der Waals surface area (Å²) in [6.45, 7) is 1.13. The summed E-state index contributed by atoms with van der Waals surface area (Å²) in [5.41, 5.74) is 1.37. The van der Waals surface area contributed by atoms with E-state index in [0.717, 1.165) is 5.56 Å². The van der Waals surface area contributed by atoms with Crippen molar-refractivity contribution in [1.29, 1.82) is 0 Å². The first-order chi connectivity index (χ1) is 8.21. The minimum Gasteiger partial charge on any atom is -0.481 e. The standard InChI is InChI=1S/C11H11BrF3NO2/c1-6-2-3-9(8(12)4-6)16-5-7(10(17)18)11(13,14)15/h2-4,7,16H,5H2,1H3,(H,17,18). The molecule has 0 amide bonds. The molecule has 0 fully saturated rings. The molecule has 0 spiro atoms. The lowest BCUT2D eigenvalue weighted by atomic mass is 10.1. The zero-order valence-electron chi connectivity index (χ0n) is 9.38. The van der Waals surface area contributed by atoms with Crippen LogP contribution in [0.1, 0.15) is 5.56 Å². The van der Waals surface area contributed by atoms with Crippen LogP contribution in [0, 0.1) is 12.8 Å². The maximum absolute atomic E-state index is 12.4. The Kier molecular flexibility index (Phi) is 4.61. The third kappa shape index (κ3) is 3.90. The normalized spacial score (nSPS) is 13.2. The van der Waals surface area contributed by atoms with Crippen molar-refractivity contribution in [2.45, 2.75) is 13.1 Å². The Morgan fingerprint density at radius 3 is 2.56 bits per heavy atom. The van der Waals surface area contributed by atoms with Gasteiger partial charge in [0.2, 0.25) is 0 Å². The van der Waals surface area contributed by atoms with Crippen LogP contribution in [0.2, 0.25) is 0 Å². The molecule has 1 atom stereocenters. The first-order valence-electron chi connectivity index (χ1n) is 5.01. The second-order valence-corrected chi connectivity index (χ2v) is 4.65. The number of hydrogen-bond donors (Lipinski definition) is 2. The summed E-state index contributed by atoms with van der Waals surface area (Å²) in [4.78, 5) is 10.5. The molecule has 0 aliphatic carbocycles. The van der Waals surface area contributed by atoms with E-state index in [1.807, 2.05) is 6.92 Å². The van der Waals surface area contributed by atoms with Crippen LogP contribution < -0.4 is 5.32 Å². The van der Waals surface area contributed by atoms with Gasteiger partial charge in [0.25, 0.3) is 0 Å². The molecule has 0 aliphatic heterocycles. The fourth-order valence-electron chi connectivity index (χ4n) is 1.32. The Bertz CT molecular complexity index is 448. The molecule has 0 aliphatic rings. The van der Waals surface area contributed by atoms with Crippen molar-refractivity contribution >= 4 is 27.6 Å². The quantitative estimate of drug-likeness (QED) is 0.891. The number of carboxylic acid groups (broad SMARTS) is 1. The van der Waals surface area contributed by atoms with Gasteiger partial charge in [-0.3, -0.25) is 4.79 Å². The maximum Gasteiger partial charge on any atom is 0.403 e. The largest absolute Gasteiger partial charge is 0.481 e. The van der Waals surface area contributed by atoms with Gasteiger partial charge in [-0.1, -0.05) is 6.07 Å². The summed E-state index contributed by atoms with van der Waals surface area (Å²) >= 11 is 3.19. The van der Waals surface area contributed by atoms with Crippen molar-refractivity contribution in [3.63, 3.8) is 0 Å². The lowest BCUT2D eigenvalue weighted by molar-refractivity contribution is -0.190. The SMILES string of the molecule is Cc1ccc(NCC(C(=O)O)C(F)(F)F)c(Br)c1. The molecule has 0 saturated carbocycles. The Hall–Kier alpha value is -1.24. The molecule has 3 nitrogen and oxygen atoms in total. The van der Waals surface area contributed by atoms with Gasteiger partial charge in [0.15, 0.2) is 5.92 Å². The summed E-state index contributed by atoms with van der Waals surface area (Å²) in [7, 11) is 0. The van der Waals surface area contributed by atoms with E-state index in [2.05, 4.69) is 21.2 Å². The molecule has 1 aromatic rings. The molecule has 18 heavy (non-hydrogen) atoms. The second-order valence-electron chi connectivity index (χ2n) is 3.80. The fourth-order valence-corrected chi connectivity index (χ4v) is 1.95.